The zero-order chi connectivity index (χ0) is 13.8. The Labute approximate surface area is 114 Å². The van der Waals surface area contributed by atoms with Crippen molar-refractivity contribution in [2.75, 3.05) is 4.90 Å². The van der Waals surface area contributed by atoms with Gasteiger partial charge in [0.2, 0.25) is 0 Å². The smallest absolute Gasteiger partial charge is 0.0991 e. The lowest BCUT2D eigenvalue weighted by Crippen LogP contribution is -2.26. The zero-order valence-corrected chi connectivity index (χ0v) is 11.6. The summed E-state index contributed by atoms with van der Waals surface area (Å²) in [5, 5.41) is 8.87. The van der Waals surface area contributed by atoms with Crippen LogP contribution in [0.1, 0.15) is 25.0 Å². The predicted molar refractivity (Wildman–Crippen MR) is 79.6 cm³/mol. The molecule has 0 unspecified atom stereocenters. The molecule has 0 aliphatic carbocycles. The van der Waals surface area contributed by atoms with E-state index in [0.29, 0.717) is 11.6 Å². The Kier molecular flexibility index (Phi) is 3.87. The van der Waals surface area contributed by atoms with Gasteiger partial charge in [0.1, 0.15) is 0 Å². The highest BCUT2D eigenvalue weighted by Crippen LogP contribution is 2.30. The minimum atomic E-state index is 0.356. The van der Waals surface area contributed by atoms with Crippen molar-refractivity contribution >= 4 is 11.4 Å². The van der Waals surface area contributed by atoms with Gasteiger partial charge in [-0.1, -0.05) is 18.2 Å². The van der Waals surface area contributed by atoms with Crippen molar-refractivity contribution in [1.29, 1.82) is 5.26 Å². The lowest BCUT2D eigenvalue weighted by molar-refractivity contribution is 0.786. The standard InChI is InChI=1S/C17H18N2/c1-13(2)19(17-7-5-4-6-14(17)3)16-10-8-15(12-18)9-11-16/h4-11,13H,1-3H3. The minimum Gasteiger partial charge on any atom is -0.339 e. The third-order valence-electron chi connectivity index (χ3n) is 3.17. The van der Waals surface area contributed by atoms with Gasteiger partial charge in [0.25, 0.3) is 0 Å². The van der Waals surface area contributed by atoms with Gasteiger partial charge in [-0.25, -0.2) is 0 Å². The Morgan fingerprint density at radius 3 is 2.16 bits per heavy atom. The highest BCUT2D eigenvalue weighted by atomic mass is 15.2. The molecule has 0 bridgehead atoms. The molecule has 0 fully saturated rings. The van der Waals surface area contributed by atoms with Gasteiger partial charge >= 0.3 is 0 Å². The average molecular weight is 250 g/mol. The predicted octanol–water partition coefficient (Wildman–Crippen LogP) is 4.41. The van der Waals surface area contributed by atoms with Crippen LogP contribution < -0.4 is 4.90 Å². The van der Waals surface area contributed by atoms with Gasteiger partial charge < -0.3 is 4.90 Å². The minimum absolute atomic E-state index is 0.356. The molecule has 0 saturated heterocycles. The van der Waals surface area contributed by atoms with E-state index in [1.54, 1.807) is 0 Å². The molecule has 0 aliphatic heterocycles. The summed E-state index contributed by atoms with van der Waals surface area (Å²) < 4.78 is 0. The first kappa shape index (κ1) is 13.2. The summed E-state index contributed by atoms with van der Waals surface area (Å²) >= 11 is 0. The Hall–Kier alpha value is -2.27. The van der Waals surface area contributed by atoms with E-state index in [9.17, 15) is 0 Å². The second-order valence-electron chi connectivity index (χ2n) is 4.91. The maximum atomic E-state index is 8.87. The molecule has 0 N–H and O–H groups in total. The summed E-state index contributed by atoms with van der Waals surface area (Å²) in [6, 6.07) is 18.6. The summed E-state index contributed by atoms with van der Waals surface area (Å²) in [5.74, 6) is 0. The summed E-state index contributed by atoms with van der Waals surface area (Å²) in [6.07, 6.45) is 0. The molecule has 0 saturated carbocycles. The van der Waals surface area contributed by atoms with Crippen LogP contribution in [-0.2, 0) is 0 Å². The molecule has 0 atom stereocenters. The third kappa shape index (κ3) is 2.77. The van der Waals surface area contributed by atoms with Gasteiger partial charge in [-0.2, -0.15) is 5.26 Å². The molecule has 2 nitrogen and oxygen atoms in total. The number of rotatable bonds is 3. The molecule has 0 radical (unpaired) electrons. The largest absolute Gasteiger partial charge is 0.339 e. The van der Waals surface area contributed by atoms with Crippen LogP contribution in [0.5, 0.6) is 0 Å². The number of hydrogen-bond donors (Lipinski definition) is 0. The molecule has 2 aromatic rings. The number of nitrogens with zero attached hydrogens (tertiary/aromatic N) is 2. The van der Waals surface area contributed by atoms with Crippen molar-refractivity contribution in [3.05, 3.63) is 59.7 Å². The molecule has 96 valence electrons. The van der Waals surface area contributed by atoms with Crippen molar-refractivity contribution in [2.24, 2.45) is 0 Å². The molecule has 2 heteroatoms. The van der Waals surface area contributed by atoms with Crippen molar-refractivity contribution in [3.8, 4) is 6.07 Å². The monoisotopic (exact) mass is 250 g/mol. The molecule has 0 heterocycles. The maximum absolute atomic E-state index is 8.87. The van der Waals surface area contributed by atoms with E-state index in [4.69, 9.17) is 5.26 Å². The first-order valence-electron chi connectivity index (χ1n) is 6.48. The molecule has 0 aliphatic rings. The lowest BCUT2D eigenvalue weighted by Gasteiger charge is -2.30. The van der Waals surface area contributed by atoms with Crippen LogP contribution in [0, 0.1) is 18.3 Å². The Morgan fingerprint density at radius 1 is 1.00 bits per heavy atom. The van der Waals surface area contributed by atoms with Crippen molar-refractivity contribution in [3.63, 3.8) is 0 Å². The Bertz CT molecular complexity index is 591. The fourth-order valence-corrected chi connectivity index (χ4v) is 2.25. The number of benzene rings is 2. The quantitative estimate of drug-likeness (QED) is 0.806. The topological polar surface area (TPSA) is 27.0 Å². The third-order valence-corrected chi connectivity index (χ3v) is 3.17. The first-order valence-corrected chi connectivity index (χ1v) is 6.48. The SMILES string of the molecule is Cc1ccccc1N(c1ccc(C#N)cc1)C(C)C. The van der Waals surface area contributed by atoms with E-state index in [2.05, 4.69) is 56.0 Å². The average Bonchev–Trinajstić information content (AvgIpc) is 2.42. The molecule has 0 spiro atoms. The second kappa shape index (κ2) is 5.58. The van der Waals surface area contributed by atoms with Crippen LogP contribution in [0.2, 0.25) is 0 Å². The fraction of sp³-hybridized carbons (Fsp3) is 0.235. The van der Waals surface area contributed by atoms with Crippen LogP contribution in [0.3, 0.4) is 0 Å². The first-order chi connectivity index (χ1) is 9.13. The van der Waals surface area contributed by atoms with Crippen LogP contribution in [-0.4, -0.2) is 6.04 Å². The molecule has 2 aromatic carbocycles. The van der Waals surface area contributed by atoms with E-state index < -0.39 is 0 Å². The van der Waals surface area contributed by atoms with Gasteiger partial charge in [0.15, 0.2) is 0 Å². The lowest BCUT2D eigenvalue weighted by atomic mass is 10.1. The normalized spacial score (nSPS) is 10.3. The van der Waals surface area contributed by atoms with Gasteiger partial charge in [-0.3, -0.25) is 0 Å². The van der Waals surface area contributed by atoms with E-state index in [0.717, 1.165) is 5.69 Å². The molecule has 2 rings (SSSR count). The van der Waals surface area contributed by atoms with Crippen molar-refractivity contribution < 1.29 is 0 Å². The van der Waals surface area contributed by atoms with Crippen LogP contribution in [0.15, 0.2) is 48.5 Å². The summed E-state index contributed by atoms with van der Waals surface area (Å²) in [7, 11) is 0. The maximum Gasteiger partial charge on any atom is 0.0991 e. The van der Waals surface area contributed by atoms with E-state index in [1.165, 1.54) is 11.3 Å². The molecule has 0 aromatic heterocycles. The number of hydrogen-bond acceptors (Lipinski definition) is 2. The van der Waals surface area contributed by atoms with E-state index in [-0.39, 0.29) is 0 Å². The summed E-state index contributed by atoms with van der Waals surface area (Å²) in [6.45, 7) is 6.46. The fourth-order valence-electron chi connectivity index (χ4n) is 2.25. The van der Waals surface area contributed by atoms with Gasteiger partial charge in [0, 0.05) is 17.4 Å². The van der Waals surface area contributed by atoms with Crippen LogP contribution >= 0.6 is 0 Å². The van der Waals surface area contributed by atoms with Gasteiger partial charge in [0.05, 0.1) is 11.6 Å². The van der Waals surface area contributed by atoms with Crippen LogP contribution in [0.4, 0.5) is 11.4 Å². The Morgan fingerprint density at radius 2 is 1.63 bits per heavy atom. The highest BCUT2D eigenvalue weighted by molar-refractivity contribution is 5.67. The van der Waals surface area contributed by atoms with Gasteiger partial charge in [-0.05, 0) is 56.7 Å². The van der Waals surface area contributed by atoms with Gasteiger partial charge in [-0.15, -0.1) is 0 Å². The summed E-state index contributed by atoms with van der Waals surface area (Å²) in [4.78, 5) is 2.29. The Balaban J connectivity index is 2.46. The zero-order valence-electron chi connectivity index (χ0n) is 11.6. The molecular weight excluding hydrogens is 232 g/mol. The number of aryl methyl sites for hydroxylation is 1. The number of anilines is 2. The van der Waals surface area contributed by atoms with E-state index >= 15 is 0 Å². The highest BCUT2D eigenvalue weighted by Gasteiger charge is 2.14. The number of nitriles is 1. The number of para-hydroxylation sites is 1. The molecule has 0 amide bonds. The van der Waals surface area contributed by atoms with E-state index in [1.807, 2.05) is 24.3 Å². The van der Waals surface area contributed by atoms with Crippen molar-refractivity contribution in [1.82, 2.24) is 0 Å². The van der Waals surface area contributed by atoms with Crippen LogP contribution in [0.25, 0.3) is 0 Å². The molecule has 19 heavy (non-hydrogen) atoms. The molecular formula is C17H18N2. The summed E-state index contributed by atoms with van der Waals surface area (Å²) in [5.41, 5.74) is 4.27. The van der Waals surface area contributed by atoms with Crippen molar-refractivity contribution in [2.45, 2.75) is 26.8 Å². The second-order valence-corrected chi connectivity index (χ2v) is 4.91.